The molecule has 3 N–H and O–H groups in total. The van der Waals surface area contributed by atoms with Crippen LogP contribution in [-0.2, 0) is 19.4 Å². The van der Waals surface area contributed by atoms with E-state index in [2.05, 4.69) is 10.6 Å². The normalized spacial score (nSPS) is 16.5. The number of aliphatic hydroxyl groups excluding tert-OH is 1. The Bertz CT molecular complexity index is 810. The molecule has 1 atom stereocenters. The summed E-state index contributed by atoms with van der Waals surface area (Å²) in [4.78, 5) is 12.3. The maximum Gasteiger partial charge on any atom is 0.446 e. The van der Waals surface area contributed by atoms with Gasteiger partial charge in [-0.25, -0.2) is 4.79 Å². The van der Waals surface area contributed by atoms with Gasteiger partial charge in [-0.05, 0) is 59.5 Å². The predicted molar refractivity (Wildman–Crippen MR) is 98.7 cm³/mol. The summed E-state index contributed by atoms with van der Waals surface area (Å²) in [5.41, 5.74) is -0.888. The number of rotatable bonds is 4. The van der Waals surface area contributed by atoms with Gasteiger partial charge in [0.05, 0.1) is 6.10 Å². The number of urea groups is 1. The number of halogens is 3. The highest BCUT2D eigenvalue weighted by Gasteiger charge is 2.29. The Labute approximate surface area is 159 Å². The van der Waals surface area contributed by atoms with Gasteiger partial charge in [-0.2, -0.15) is 13.2 Å². The van der Waals surface area contributed by atoms with Crippen LogP contribution in [-0.4, -0.2) is 22.7 Å². The number of aliphatic hydroxyl groups is 1. The van der Waals surface area contributed by atoms with Gasteiger partial charge in [0.1, 0.15) is 0 Å². The monoisotopic (exact) mass is 396 g/mol. The third-order valence-electron chi connectivity index (χ3n) is 4.32. The van der Waals surface area contributed by atoms with Gasteiger partial charge in [-0.3, -0.25) is 0 Å². The number of anilines is 1. The van der Waals surface area contributed by atoms with Crippen LogP contribution in [0.25, 0.3) is 0 Å². The Balaban J connectivity index is 1.56. The molecule has 1 unspecified atom stereocenters. The number of aryl methyl sites for hydroxylation is 1. The fourth-order valence-corrected chi connectivity index (χ4v) is 3.58. The molecule has 27 heavy (non-hydrogen) atoms. The fraction of sp³-hybridized carbons (Fsp3) is 0.316. The Morgan fingerprint density at radius 3 is 2.63 bits per heavy atom. The van der Waals surface area contributed by atoms with Crippen LogP contribution in [0.1, 0.15) is 23.1 Å². The molecule has 3 rings (SSSR count). The van der Waals surface area contributed by atoms with E-state index in [4.69, 9.17) is 0 Å². The highest BCUT2D eigenvalue weighted by molar-refractivity contribution is 8.00. The van der Waals surface area contributed by atoms with Crippen molar-refractivity contribution in [1.82, 2.24) is 5.32 Å². The van der Waals surface area contributed by atoms with E-state index < -0.39 is 17.6 Å². The lowest BCUT2D eigenvalue weighted by molar-refractivity contribution is -0.0328. The number of nitrogens with one attached hydrogen (secondary N) is 2. The van der Waals surface area contributed by atoms with Crippen LogP contribution in [0.3, 0.4) is 0 Å². The van der Waals surface area contributed by atoms with Crippen molar-refractivity contribution in [3.63, 3.8) is 0 Å². The molecule has 4 nitrogen and oxygen atoms in total. The minimum absolute atomic E-state index is 0.102. The minimum Gasteiger partial charge on any atom is -0.393 e. The Hall–Kier alpha value is -2.19. The molecule has 0 saturated heterocycles. The van der Waals surface area contributed by atoms with Crippen LogP contribution >= 0.6 is 11.8 Å². The summed E-state index contributed by atoms with van der Waals surface area (Å²) in [5.74, 6) is 0. The molecule has 0 saturated carbocycles. The zero-order valence-corrected chi connectivity index (χ0v) is 15.2. The zero-order chi connectivity index (χ0) is 19.4. The molecule has 8 heteroatoms. The molecule has 0 aromatic heterocycles. The third-order valence-corrected chi connectivity index (χ3v) is 5.06. The molecule has 0 heterocycles. The van der Waals surface area contributed by atoms with Crippen molar-refractivity contribution in [3.8, 4) is 0 Å². The predicted octanol–water partition coefficient (Wildman–Crippen LogP) is 4.47. The Morgan fingerprint density at radius 1 is 1.19 bits per heavy atom. The van der Waals surface area contributed by atoms with Crippen molar-refractivity contribution in [2.24, 2.45) is 0 Å². The Kier molecular flexibility index (Phi) is 5.96. The standard InChI is InChI=1S/C19H19F3N2O2S/c20-19(21,22)27-15-8-4-12(5-9-15)11-23-18(26)24-17-3-1-2-13-6-7-14(25)10-16(13)17/h1-5,8-9,14,25H,6-7,10-11H2,(H2,23,24,26). The number of amides is 2. The maximum atomic E-state index is 12.3. The second kappa shape index (κ2) is 8.22. The van der Waals surface area contributed by atoms with Crippen LogP contribution < -0.4 is 10.6 Å². The van der Waals surface area contributed by atoms with Gasteiger partial charge in [0.2, 0.25) is 0 Å². The average molecular weight is 396 g/mol. The molecule has 2 aromatic rings. The van der Waals surface area contributed by atoms with Crippen LogP contribution in [0.15, 0.2) is 47.4 Å². The molecule has 0 fully saturated rings. The van der Waals surface area contributed by atoms with E-state index >= 15 is 0 Å². The smallest absolute Gasteiger partial charge is 0.393 e. The first-order valence-corrected chi connectivity index (χ1v) is 9.30. The number of alkyl halides is 3. The molecule has 144 valence electrons. The van der Waals surface area contributed by atoms with Crippen LogP contribution in [0.5, 0.6) is 0 Å². The van der Waals surface area contributed by atoms with Crippen molar-refractivity contribution in [2.75, 3.05) is 5.32 Å². The van der Waals surface area contributed by atoms with E-state index in [1.54, 1.807) is 18.2 Å². The quantitative estimate of drug-likeness (QED) is 0.669. The van der Waals surface area contributed by atoms with E-state index in [1.807, 2.05) is 12.1 Å². The van der Waals surface area contributed by atoms with E-state index in [1.165, 1.54) is 12.1 Å². The molecule has 2 amide bonds. The number of hydrogen-bond acceptors (Lipinski definition) is 3. The number of thioether (sulfide) groups is 1. The second-order valence-corrected chi connectivity index (χ2v) is 7.48. The maximum absolute atomic E-state index is 12.3. The van der Waals surface area contributed by atoms with Crippen molar-refractivity contribution >= 4 is 23.5 Å². The van der Waals surface area contributed by atoms with Crippen LogP contribution in [0.4, 0.5) is 23.7 Å². The first kappa shape index (κ1) is 19.6. The van der Waals surface area contributed by atoms with E-state index in [9.17, 15) is 23.1 Å². The summed E-state index contributed by atoms with van der Waals surface area (Å²) in [5, 5.41) is 15.3. The summed E-state index contributed by atoms with van der Waals surface area (Å²) in [6.45, 7) is 0.195. The molecule has 0 spiro atoms. The van der Waals surface area contributed by atoms with E-state index in [-0.39, 0.29) is 23.2 Å². The van der Waals surface area contributed by atoms with Gasteiger partial charge in [0, 0.05) is 23.5 Å². The summed E-state index contributed by atoms with van der Waals surface area (Å²) in [6.07, 6.45) is 1.59. The first-order chi connectivity index (χ1) is 12.8. The number of carbonyl (C=O) groups is 1. The topological polar surface area (TPSA) is 61.4 Å². The zero-order valence-electron chi connectivity index (χ0n) is 14.3. The number of hydrogen-bond donors (Lipinski definition) is 3. The summed E-state index contributed by atoms with van der Waals surface area (Å²) in [7, 11) is 0. The van der Waals surface area contributed by atoms with E-state index in [0.717, 1.165) is 17.5 Å². The lowest BCUT2D eigenvalue weighted by Crippen LogP contribution is -2.29. The molecule has 1 aliphatic carbocycles. The van der Waals surface area contributed by atoms with Gasteiger partial charge < -0.3 is 15.7 Å². The van der Waals surface area contributed by atoms with Gasteiger partial charge in [-0.1, -0.05) is 24.3 Å². The van der Waals surface area contributed by atoms with Crippen LogP contribution in [0.2, 0.25) is 0 Å². The van der Waals surface area contributed by atoms with Crippen molar-refractivity contribution < 1.29 is 23.1 Å². The largest absolute Gasteiger partial charge is 0.446 e. The second-order valence-electron chi connectivity index (χ2n) is 6.34. The van der Waals surface area contributed by atoms with Crippen molar-refractivity contribution in [2.45, 2.75) is 42.3 Å². The lowest BCUT2D eigenvalue weighted by Gasteiger charge is -2.23. The molecule has 0 aliphatic heterocycles. The van der Waals surface area contributed by atoms with Crippen molar-refractivity contribution in [1.29, 1.82) is 0 Å². The number of benzene rings is 2. The molecule has 0 bridgehead atoms. The number of carbonyl (C=O) groups excluding carboxylic acids is 1. The average Bonchev–Trinajstić information content (AvgIpc) is 2.60. The molecular weight excluding hydrogens is 377 g/mol. The minimum atomic E-state index is -4.32. The van der Waals surface area contributed by atoms with Gasteiger partial charge in [0.15, 0.2) is 0 Å². The third kappa shape index (κ3) is 5.64. The summed E-state index contributed by atoms with van der Waals surface area (Å²) < 4.78 is 37.0. The SMILES string of the molecule is O=C(NCc1ccc(SC(F)(F)F)cc1)Nc1cccc2c1CC(O)CC2. The lowest BCUT2D eigenvalue weighted by atomic mass is 9.88. The highest BCUT2D eigenvalue weighted by atomic mass is 32.2. The van der Waals surface area contributed by atoms with Crippen LogP contribution in [0, 0.1) is 0 Å². The van der Waals surface area contributed by atoms with E-state index in [0.29, 0.717) is 24.1 Å². The van der Waals surface area contributed by atoms with Gasteiger partial charge in [0.25, 0.3) is 0 Å². The summed E-state index contributed by atoms with van der Waals surface area (Å²) >= 11 is -0.171. The highest BCUT2D eigenvalue weighted by Crippen LogP contribution is 2.36. The Morgan fingerprint density at radius 2 is 1.93 bits per heavy atom. The molecule has 0 radical (unpaired) electrons. The molecular formula is C19H19F3N2O2S. The van der Waals surface area contributed by atoms with Crippen molar-refractivity contribution in [3.05, 3.63) is 59.2 Å². The van der Waals surface area contributed by atoms with Gasteiger partial charge >= 0.3 is 11.5 Å². The molecule has 1 aliphatic rings. The fourth-order valence-electron chi connectivity index (χ4n) is 3.04. The molecule has 2 aromatic carbocycles. The summed E-state index contributed by atoms with van der Waals surface area (Å²) in [6, 6.07) is 11.1. The first-order valence-electron chi connectivity index (χ1n) is 8.48. The number of fused-ring (bicyclic) bond motifs is 1. The van der Waals surface area contributed by atoms with Gasteiger partial charge in [-0.15, -0.1) is 0 Å².